The topological polar surface area (TPSA) is 55.1 Å². The van der Waals surface area contributed by atoms with Crippen LogP contribution >= 0.6 is 0 Å². The van der Waals surface area contributed by atoms with Crippen molar-refractivity contribution in [3.8, 4) is 0 Å². The van der Waals surface area contributed by atoms with E-state index in [2.05, 4.69) is 5.32 Å². The molecule has 1 heterocycles. The molecule has 98 valence electrons. The van der Waals surface area contributed by atoms with Gasteiger partial charge in [-0.1, -0.05) is 32.1 Å². The minimum atomic E-state index is 0.134. The second kappa shape index (κ2) is 6.50. The number of hydrogen-bond acceptors (Lipinski definition) is 3. The van der Waals surface area contributed by atoms with Gasteiger partial charge in [0.25, 0.3) is 0 Å². The summed E-state index contributed by atoms with van der Waals surface area (Å²) in [6, 6.07) is 0.611. The number of hydrogen-bond donors (Lipinski definition) is 2. The van der Waals surface area contributed by atoms with Gasteiger partial charge in [-0.3, -0.25) is 4.79 Å². The second-order valence-electron chi connectivity index (χ2n) is 5.61. The Morgan fingerprint density at radius 2 is 1.88 bits per heavy atom. The molecule has 2 aliphatic rings. The number of unbranched alkanes of at least 4 members (excludes halogenated alkanes) is 1. The van der Waals surface area contributed by atoms with E-state index in [1.165, 1.54) is 32.1 Å². The van der Waals surface area contributed by atoms with E-state index >= 15 is 0 Å². The van der Waals surface area contributed by atoms with Crippen molar-refractivity contribution in [2.24, 2.45) is 11.7 Å². The molecule has 1 saturated heterocycles. The van der Waals surface area contributed by atoms with Gasteiger partial charge in [-0.05, 0) is 32.2 Å². The molecule has 1 saturated carbocycles. The van der Waals surface area contributed by atoms with Crippen LogP contribution in [0.5, 0.6) is 0 Å². The molecule has 3 unspecified atom stereocenters. The number of carbonyl (C=O) groups is 1. The fraction of sp³-hybridized carbons (Fsp3) is 0.929. The Hall–Kier alpha value is -0.410. The monoisotopic (exact) mass is 238 g/mol. The Bertz CT molecular complexity index is 255. The second-order valence-corrected chi connectivity index (χ2v) is 5.61. The molecule has 0 aromatic rings. The summed E-state index contributed by atoms with van der Waals surface area (Å²) in [5, 5.41) is 3.58. The van der Waals surface area contributed by atoms with Gasteiger partial charge in [-0.25, -0.2) is 0 Å². The Morgan fingerprint density at radius 3 is 2.65 bits per heavy atom. The molecular weight excluding hydrogens is 212 g/mol. The van der Waals surface area contributed by atoms with Crippen LogP contribution in [0.1, 0.15) is 57.8 Å². The highest BCUT2D eigenvalue weighted by atomic mass is 16.1. The number of nitrogens with two attached hydrogens (primary N) is 1. The summed E-state index contributed by atoms with van der Waals surface area (Å²) in [4.78, 5) is 12.3. The van der Waals surface area contributed by atoms with E-state index in [4.69, 9.17) is 5.73 Å². The van der Waals surface area contributed by atoms with Gasteiger partial charge in [0.2, 0.25) is 0 Å². The van der Waals surface area contributed by atoms with Gasteiger partial charge < -0.3 is 11.1 Å². The summed E-state index contributed by atoms with van der Waals surface area (Å²) < 4.78 is 0. The molecule has 3 nitrogen and oxygen atoms in total. The number of carbonyl (C=O) groups excluding carboxylic acids is 1. The molecule has 0 aromatic heterocycles. The van der Waals surface area contributed by atoms with Crippen molar-refractivity contribution in [1.29, 1.82) is 0 Å². The van der Waals surface area contributed by atoms with Crippen LogP contribution in [0.2, 0.25) is 0 Å². The van der Waals surface area contributed by atoms with Gasteiger partial charge in [0.1, 0.15) is 0 Å². The lowest BCUT2D eigenvalue weighted by Gasteiger charge is -2.20. The Morgan fingerprint density at radius 1 is 1.12 bits per heavy atom. The first kappa shape index (κ1) is 13.0. The van der Waals surface area contributed by atoms with Crippen molar-refractivity contribution >= 4 is 5.78 Å². The molecule has 1 aliphatic heterocycles. The number of rotatable bonds is 4. The van der Waals surface area contributed by atoms with Crippen molar-refractivity contribution in [3.63, 3.8) is 0 Å². The van der Waals surface area contributed by atoms with Crippen LogP contribution in [-0.4, -0.2) is 24.4 Å². The summed E-state index contributed by atoms with van der Waals surface area (Å²) in [6.07, 6.45) is 10.6. The first-order chi connectivity index (χ1) is 8.33. The third-order valence-corrected chi connectivity index (χ3v) is 4.34. The number of Topliss-reactive ketones (excluding diaryl/α,β-unsaturated/α-hetero) is 1. The SMILES string of the molecule is NCCCCC1NC2CCCCCCC2C1=O. The molecule has 17 heavy (non-hydrogen) atoms. The molecule has 3 atom stereocenters. The van der Waals surface area contributed by atoms with Gasteiger partial charge in [-0.2, -0.15) is 0 Å². The quantitative estimate of drug-likeness (QED) is 0.737. The zero-order chi connectivity index (χ0) is 12.1. The molecular formula is C14H26N2O. The van der Waals surface area contributed by atoms with Crippen LogP contribution in [0.4, 0.5) is 0 Å². The lowest BCUT2D eigenvalue weighted by Crippen LogP contribution is -2.32. The van der Waals surface area contributed by atoms with Gasteiger partial charge in [0.15, 0.2) is 5.78 Å². The third kappa shape index (κ3) is 3.29. The van der Waals surface area contributed by atoms with E-state index in [0.29, 0.717) is 17.7 Å². The molecule has 0 bridgehead atoms. The highest BCUT2D eigenvalue weighted by Gasteiger charge is 2.40. The molecule has 1 aliphatic carbocycles. The summed E-state index contributed by atoms with van der Waals surface area (Å²) >= 11 is 0. The predicted octanol–water partition coefficient (Wildman–Crippen LogP) is 2.00. The maximum Gasteiger partial charge on any atom is 0.154 e. The van der Waals surface area contributed by atoms with Crippen molar-refractivity contribution in [1.82, 2.24) is 5.32 Å². The maximum absolute atomic E-state index is 12.3. The van der Waals surface area contributed by atoms with Gasteiger partial charge in [0.05, 0.1) is 6.04 Å². The summed E-state index contributed by atoms with van der Waals surface area (Å²) in [5.41, 5.74) is 5.50. The number of fused-ring (bicyclic) bond motifs is 1. The summed E-state index contributed by atoms with van der Waals surface area (Å²) in [6.45, 7) is 0.744. The number of nitrogens with one attached hydrogen (secondary N) is 1. The van der Waals surface area contributed by atoms with Crippen molar-refractivity contribution < 1.29 is 4.79 Å². The van der Waals surface area contributed by atoms with Crippen LogP contribution in [0.25, 0.3) is 0 Å². The van der Waals surface area contributed by atoms with E-state index in [1.54, 1.807) is 0 Å². The van der Waals surface area contributed by atoms with E-state index < -0.39 is 0 Å². The average Bonchev–Trinajstić information content (AvgIpc) is 2.56. The lowest BCUT2D eigenvalue weighted by molar-refractivity contribution is -0.122. The maximum atomic E-state index is 12.3. The zero-order valence-electron chi connectivity index (χ0n) is 10.8. The average molecular weight is 238 g/mol. The predicted molar refractivity (Wildman–Crippen MR) is 69.8 cm³/mol. The van der Waals surface area contributed by atoms with Crippen LogP contribution in [0, 0.1) is 5.92 Å². The minimum Gasteiger partial charge on any atom is -0.330 e. The fourth-order valence-electron chi connectivity index (χ4n) is 3.34. The zero-order valence-corrected chi connectivity index (χ0v) is 10.8. The third-order valence-electron chi connectivity index (χ3n) is 4.34. The molecule has 2 fully saturated rings. The fourth-order valence-corrected chi connectivity index (χ4v) is 3.34. The van der Waals surface area contributed by atoms with Crippen LogP contribution in [-0.2, 0) is 4.79 Å². The van der Waals surface area contributed by atoms with Crippen molar-refractivity contribution in [3.05, 3.63) is 0 Å². The highest BCUT2D eigenvalue weighted by molar-refractivity contribution is 5.89. The number of ketones is 1. The lowest BCUT2D eigenvalue weighted by atomic mass is 9.86. The normalized spacial score (nSPS) is 34.2. The molecule has 0 spiro atoms. The van der Waals surface area contributed by atoms with E-state index in [1.807, 2.05) is 0 Å². The van der Waals surface area contributed by atoms with E-state index in [0.717, 1.165) is 32.2 Å². The largest absolute Gasteiger partial charge is 0.330 e. The van der Waals surface area contributed by atoms with E-state index in [-0.39, 0.29) is 6.04 Å². The molecule has 0 amide bonds. The van der Waals surface area contributed by atoms with Crippen LogP contribution < -0.4 is 11.1 Å². The molecule has 2 rings (SSSR count). The molecule has 0 aromatic carbocycles. The summed E-state index contributed by atoms with van der Waals surface area (Å²) in [7, 11) is 0. The first-order valence-corrected chi connectivity index (χ1v) is 7.33. The Balaban J connectivity index is 1.87. The standard InChI is InChI=1S/C14H26N2O/c15-10-6-5-9-13-14(17)11-7-3-1-2-4-8-12(11)16-13/h11-13,16H,1-10,15H2. The Labute approximate surface area is 105 Å². The van der Waals surface area contributed by atoms with Crippen LogP contribution in [0.3, 0.4) is 0 Å². The Kier molecular flexibility index (Phi) is 4.99. The molecule has 3 N–H and O–H groups in total. The highest BCUT2D eigenvalue weighted by Crippen LogP contribution is 2.30. The summed E-state index contributed by atoms with van der Waals surface area (Å²) in [5.74, 6) is 0.812. The smallest absolute Gasteiger partial charge is 0.154 e. The molecule has 3 heteroatoms. The van der Waals surface area contributed by atoms with E-state index in [9.17, 15) is 4.79 Å². The van der Waals surface area contributed by atoms with Crippen LogP contribution in [0.15, 0.2) is 0 Å². The minimum absolute atomic E-state index is 0.134. The first-order valence-electron chi connectivity index (χ1n) is 7.33. The van der Waals surface area contributed by atoms with Crippen molar-refractivity contribution in [2.45, 2.75) is 69.9 Å². The molecule has 0 radical (unpaired) electrons. The van der Waals surface area contributed by atoms with Crippen molar-refractivity contribution in [2.75, 3.05) is 6.54 Å². The van der Waals surface area contributed by atoms with Gasteiger partial charge in [-0.15, -0.1) is 0 Å². The van der Waals surface area contributed by atoms with Gasteiger partial charge in [0, 0.05) is 12.0 Å². The van der Waals surface area contributed by atoms with Gasteiger partial charge >= 0.3 is 0 Å².